The van der Waals surface area contributed by atoms with Gasteiger partial charge in [-0.2, -0.15) is 0 Å². The van der Waals surface area contributed by atoms with Crippen molar-refractivity contribution in [2.75, 3.05) is 13.1 Å². The van der Waals surface area contributed by atoms with Gasteiger partial charge in [0.05, 0.1) is 0 Å². The molecule has 0 radical (unpaired) electrons. The van der Waals surface area contributed by atoms with Gasteiger partial charge in [-0.05, 0) is 25.2 Å². The Bertz CT molecular complexity index is 312. The van der Waals surface area contributed by atoms with Gasteiger partial charge in [0.25, 0.3) is 0 Å². The Labute approximate surface area is 132 Å². The number of rotatable bonds is 2. The van der Waals surface area contributed by atoms with Gasteiger partial charge in [0.15, 0.2) is 0 Å². The first kappa shape index (κ1) is 23.2. The van der Waals surface area contributed by atoms with E-state index in [0.29, 0.717) is 0 Å². The van der Waals surface area contributed by atoms with Crippen LogP contribution in [0.15, 0.2) is 30.3 Å². The normalized spacial score (nSPS) is 8.78. The van der Waals surface area contributed by atoms with Crippen LogP contribution in [0.4, 0.5) is 0 Å². The first-order valence-corrected chi connectivity index (χ1v) is 6.64. The van der Waals surface area contributed by atoms with Crippen LogP contribution in [0.3, 0.4) is 0 Å². The van der Waals surface area contributed by atoms with Gasteiger partial charge in [-0.15, -0.1) is 0 Å². The van der Waals surface area contributed by atoms with Gasteiger partial charge >= 0.3 is 37.4 Å². The van der Waals surface area contributed by atoms with Crippen LogP contribution in [0.2, 0.25) is 0 Å². The summed E-state index contributed by atoms with van der Waals surface area (Å²) in [4.78, 5) is 16.7. The van der Waals surface area contributed by atoms with Crippen LogP contribution in [-0.4, -0.2) is 22.9 Å². The molecule has 0 saturated carbocycles. The minimum Gasteiger partial charge on any atom is -1.00 e. The van der Waals surface area contributed by atoms with Gasteiger partial charge in [-0.1, -0.05) is 32.0 Å². The summed E-state index contributed by atoms with van der Waals surface area (Å²) >= 11 is 0. The number of nitrogens with two attached hydrogens (primary N) is 2. The molecule has 0 fully saturated rings. The third-order valence-electron chi connectivity index (χ3n) is 0.968. The molecular formula is C10H22N2NaO4P. The molecule has 18 heavy (non-hydrogen) atoms. The molecule has 0 atom stereocenters. The summed E-state index contributed by atoms with van der Waals surface area (Å²) < 4.78 is 14.5. The van der Waals surface area contributed by atoms with Crippen molar-refractivity contribution < 1.29 is 49.9 Å². The number of hydrogen-bond acceptors (Lipinski definition) is 4. The molecule has 0 bridgehead atoms. The van der Waals surface area contributed by atoms with Crippen molar-refractivity contribution in [2.45, 2.75) is 13.8 Å². The molecule has 1 rings (SSSR count). The molecule has 8 heteroatoms. The molecule has 0 heterocycles. The summed E-state index contributed by atoms with van der Waals surface area (Å²) in [5, 5.41) is 0. The van der Waals surface area contributed by atoms with Gasteiger partial charge in [0, 0.05) is 0 Å². The zero-order valence-electron chi connectivity index (χ0n) is 12.1. The quantitative estimate of drug-likeness (QED) is 0.377. The summed E-state index contributed by atoms with van der Waals surface area (Å²) in [6.45, 7) is 5.31. The van der Waals surface area contributed by atoms with Gasteiger partial charge in [-0.25, -0.2) is 4.57 Å². The summed E-state index contributed by atoms with van der Waals surface area (Å²) in [5.41, 5.74) is 9.69. The van der Waals surface area contributed by atoms with E-state index in [1.165, 1.54) is 12.1 Å². The van der Waals surface area contributed by atoms with E-state index in [1.807, 2.05) is 13.8 Å². The van der Waals surface area contributed by atoms with E-state index in [0.717, 1.165) is 13.1 Å². The second kappa shape index (κ2) is 15.1. The first-order valence-electron chi connectivity index (χ1n) is 5.11. The summed E-state index contributed by atoms with van der Waals surface area (Å²) in [6.07, 6.45) is 0. The van der Waals surface area contributed by atoms with E-state index < -0.39 is 7.82 Å². The number of hydrogen-bond donors (Lipinski definition) is 4. The second-order valence-electron chi connectivity index (χ2n) is 2.71. The largest absolute Gasteiger partial charge is 1.00 e. The number of benzene rings is 1. The molecule has 102 valence electrons. The van der Waals surface area contributed by atoms with Crippen LogP contribution in [0.1, 0.15) is 15.3 Å². The molecule has 0 amide bonds. The molecule has 6 N–H and O–H groups in total. The van der Waals surface area contributed by atoms with E-state index >= 15 is 0 Å². The molecule has 1 aromatic carbocycles. The summed E-state index contributed by atoms with van der Waals surface area (Å²) in [6, 6.07) is 7.93. The third kappa shape index (κ3) is 21.4. The molecule has 0 aliphatic rings. The Balaban J connectivity index is -0.000000122. The molecule has 0 spiro atoms. The smallest absolute Gasteiger partial charge is 1.00 e. The predicted molar refractivity (Wildman–Crippen MR) is 69.7 cm³/mol. The summed E-state index contributed by atoms with van der Waals surface area (Å²) in [7, 11) is -4.39. The zero-order chi connectivity index (χ0) is 13.7. The molecule has 0 aliphatic carbocycles. The van der Waals surface area contributed by atoms with Crippen LogP contribution in [0, 0.1) is 0 Å². The van der Waals surface area contributed by atoms with Crippen molar-refractivity contribution in [1.29, 1.82) is 0 Å². The van der Waals surface area contributed by atoms with Crippen LogP contribution < -0.4 is 45.5 Å². The van der Waals surface area contributed by atoms with Gasteiger partial charge in [0.1, 0.15) is 5.75 Å². The SMILES string of the molecule is CCN.CCN.O=P(O)(O)Oc1ccccc1.[H-].[Na+]. The number of phosphoric ester groups is 1. The van der Waals surface area contributed by atoms with Gasteiger partial charge in [-0.3, -0.25) is 9.79 Å². The van der Waals surface area contributed by atoms with Crippen molar-refractivity contribution in [3.63, 3.8) is 0 Å². The van der Waals surface area contributed by atoms with E-state index in [-0.39, 0.29) is 36.7 Å². The molecule has 0 aliphatic heterocycles. The standard InChI is InChI=1S/C6H7O4P.2C2H7N.Na.H/c7-11(8,9)10-6-4-2-1-3-5-6;2*1-2-3;;/h1-5H,(H2,7,8,9);2*2-3H2,1H3;;/q;;;+1;-1. The van der Waals surface area contributed by atoms with Crippen LogP contribution >= 0.6 is 7.82 Å². The molecular weight excluding hydrogens is 266 g/mol. The predicted octanol–water partition coefficient (Wildman–Crippen LogP) is -1.80. The van der Waals surface area contributed by atoms with E-state index in [4.69, 9.17) is 21.3 Å². The van der Waals surface area contributed by atoms with E-state index in [2.05, 4.69) is 4.52 Å². The van der Waals surface area contributed by atoms with E-state index in [9.17, 15) is 4.57 Å². The molecule has 1 aromatic rings. The average Bonchev–Trinajstić information content (AvgIpc) is 2.19. The molecule has 0 saturated heterocycles. The van der Waals surface area contributed by atoms with Gasteiger partial charge in [0.2, 0.25) is 0 Å². The monoisotopic (exact) mass is 288 g/mol. The van der Waals surface area contributed by atoms with Crippen LogP contribution in [0.5, 0.6) is 5.75 Å². The Morgan fingerprint density at radius 1 is 1.17 bits per heavy atom. The van der Waals surface area contributed by atoms with Crippen LogP contribution in [-0.2, 0) is 4.57 Å². The number of para-hydroxylation sites is 1. The van der Waals surface area contributed by atoms with Crippen molar-refractivity contribution >= 4 is 7.82 Å². The molecule has 0 aromatic heterocycles. The topological polar surface area (TPSA) is 119 Å². The Morgan fingerprint density at radius 2 is 1.50 bits per heavy atom. The molecule has 0 unspecified atom stereocenters. The minimum atomic E-state index is -4.39. The third-order valence-corrected chi connectivity index (χ3v) is 1.42. The number of phosphoric acid groups is 1. The maximum Gasteiger partial charge on any atom is 1.00 e. The maximum atomic E-state index is 10.3. The van der Waals surface area contributed by atoms with Crippen molar-refractivity contribution in [2.24, 2.45) is 11.5 Å². The second-order valence-corrected chi connectivity index (χ2v) is 3.88. The fourth-order valence-electron chi connectivity index (χ4n) is 0.619. The Morgan fingerprint density at radius 3 is 1.78 bits per heavy atom. The van der Waals surface area contributed by atoms with Crippen LogP contribution in [0.25, 0.3) is 0 Å². The zero-order valence-corrected chi connectivity index (χ0v) is 14.0. The minimum absolute atomic E-state index is 0. The fraction of sp³-hybridized carbons (Fsp3) is 0.400. The average molecular weight is 288 g/mol. The Kier molecular flexibility index (Phi) is 19.5. The van der Waals surface area contributed by atoms with Crippen molar-refractivity contribution in [3.8, 4) is 5.75 Å². The summed E-state index contributed by atoms with van der Waals surface area (Å²) in [5.74, 6) is 0.167. The van der Waals surface area contributed by atoms with E-state index in [1.54, 1.807) is 18.2 Å². The fourth-order valence-corrected chi connectivity index (χ4v) is 1.02. The van der Waals surface area contributed by atoms with Crippen molar-refractivity contribution in [3.05, 3.63) is 30.3 Å². The maximum absolute atomic E-state index is 10.3. The molecule has 6 nitrogen and oxygen atoms in total. The van der Waals surface area contributed by atoms with Gasteiger partial charge < -0.3 is 17.4 Å². The van der Waals surface area contributed by atoms with Crippen molar-refractivity contribution in [1.82, 2.24) is 0 Å². The Hall–Kier alpha value is 0.0900. The first-order chi connectivity index (χ1) is 7.91.